The Bertz CT molecular complexity index is 1250. The standard InChI is InChI=1S/C25H31N5O3/c1-5-7-8-30-15-20(17(3)22(26-4)25(30)32)18-13-19(24(31)29-9-11-33-12-10-29)23-21(14-18)28(6-2)16-27-23/h5,13-16,26H,1,6-12H2,2-4H3. The second-order valence-electron chi connectivity index (χ2n) is 8.20. The maximum Gasteiger partial charge on any atom is 0.274 e. The van der Waals surface area contributed by atoms with Gasteiger partial charge in [-0.3, -0.25) is 9.59 Å². The summed E-state index contributed by atoms with van der Waals surface area (Å²) in [6, 6.07) is 3.98. The van der Waals surface area contributed by atoms with E-state index in [0.717, 1.165) is 28.8 Å². The molecule has 1 N–H and O–H groups in total. The van der Waals surface area contributed by atoms with Crippen LogP contribution < -0.4 is 10.9 Å². The van der Waals surface area contributed by atoms with E-state index in [0.29, 0.717) is 56.0 Å². The Morgan fingerprint density at radius 2 is 2.03 bits per heavy atom. The van der Waals surface area contributed by atoms with Crippen molar-refractivity contribution in [3.8, 4) is 11.1 Å². The first-order chi connectivity index (χ1) is 16.0. The molecule has 1 aromatic carbocycles. The SMILES string of the molecule is C=CCCn1cc(-c2cc(C(=O)N3CCOCC3)c3ncn(CC)c3c2)c(C)c(NC)c1=O. The quantitative estimate of drug-likeness (QED) is 0.560. The summed E-state index contributed by atoms with van der Waals surface area (Å²) in [5.41, 5.74) is 5.31. The van der Waals surface area contributed by atoms with Gasteiger partial charge in [0.1, 0.15) is 11.2 Å². The average Bonchev–Trinajstić information content (AvgIpc) is 3.26. The van der Waals surface area contributed by atoms with Crippen LogP contribution in [-0.2, 0) is 17.8 Å². The topological polar surface area (TPSA) is 81.4 Å². The van der Waals surface area contributed by atoms with Gasteiger partial charge in [-0.05, 0) is 43.5 Å². The molecule has 3 aromatic rings. The van der Waals surface area contributed by atoms with Crippen molar-refractivity contribution in [1.82, 2.24) is 19.0 Å². The number of ether oxygens (including phenoxy) is 1. The van der Waals surface area contributed by atoms with Crippen molar-refractivity contribution in [3.63, 3.8) is 0 Å². The number of benzene rings is 1. The molecule has 0 aliphatic carbocycles. The van der Waals surface area contributed by atoms with Gasteiger partial charge < -0.3 is 24.1 Å². The fourth-order valence-electron chi connectivity index (χ4n) is 4.40. The molecule has 0 spiro atoms. The lowest BCUT2D eigenvalue weighted by atomic mass is 9.97. The van der Waals surface area contributed by atoms with Crippen LogP contribution in [0.5, 0.6) is 0 Å². The summed E-state index contributed by atoms with van der Waals surface area (Å²) in [6.07, 6.45) is 6.16. The number of fused-ring (bicyclic) bond motifs is 1. The van der Waals surface area contributed by atoms with Crippen LogP contribution >= 0.6 is 0 Å². The van der Waals surface area contributed by atoms with Crippen LogP contribution in [0.25, 0.3) is 22.2 Å². The minimum Gasteiger partial charge on any atom is -0.383 e. The number of amides is 1. The Labute approximate surface area is 193 Å². The predicted molar refractivity (Wildman–Crippen MR) is 131 cm³/mol. The number of imidazole rings is 1. The minimum atomic E-state index is -0.0649. The summed E-state index contributed by atoms with van der Waals surface area (Å²) in [5, 5.41) is 3.07. The number of aryl methyl sites for hydroxylation is 2. The molecule has 2 aromatic heterocycles. The first kappa shape index (κ1) is 22.8. The highest BCUT2D eigenvalue weighted by atomic mass is 16.5. The van der Waals surface area contributed by atoms with Gasteiger partial charge in [0.15, 0.2) is 0 Å². The van der Waals surface area contributed by atoms with Crippen LogP contribution in [0.2, 0.25) is 0 Å². The van der Waals surface area contributed by atoms with Crippen molar-refractivity contribution in [1.29, 1.82) is 0 Å². The third-order valence-electron chi connectivity index (χ3n) is 6.27. The zero-order valence-corrected chi connectivity index (χ0v) is 19.6. The highest BCUT2D eigenvalue weighted by Gasteiger charge is 2.24. The minimum absolute atomic E-state index is 0.0435. The Kier molecular flexibility index (Phi) is 6.65. The maximum absolute atomic E-state index is 13.5. The van der Waals surface area contributed by atoms with Crippen LogP contribution in [0.15, 0.2) is 42.1 Å². The fourth-order valence-corrected chi connectivity index (χ4v) is 4.40. The molecule has 3 heterocycles. The van der Waals surface area contributed by atoms with Gasteiger partial charge in [-0.25, -0.2) is 4.98 Å². The lowest BCUT2D eigenvalue weighted by molar-refractivity contribution is 0.0304. The number of aromatic nitrogens is 3. The number of carbonyl (C=O) groups is 1. The van der Waals surface area contributed by atoms with E-state index >= 15 is 0 Å². The number of allylic oxidation sites excluding steroid dienone is 1. The van der Waals surface area contributed by atoms with Gasteiger partial charge in [0.05, 0.1) is 30.6 Å². The molecule has 1 fully saturated rings. The van der Waals surface area contributed by atoms with Crippen molar-refractivity contribution < 1.29 is 9.53 Å². The molecule has 174 valence electrons. The van der Waals surface area contributed by atoms with Crippen LogP contribution in [0.4, 0.5) is 5.69 Å². The molecule has 1 amide bonds. The molecule has 1 aliphatic rings. The van der Waals surface area contributed by atoms with E-state index in [1.807, 2.05) is 28.7 Å². The Balaban J connectivity index is 1.93. The largest absolute Gasteiger partial charge is 0.383 e. The van der Waals surface area contributed by atoms with Gasteiger partial charge >= 0.3 is 0 Å². The van der Waals surface area contributed by atoms with Gasteiger partial charge in [-0.2, -0.15) is 0 Å². The van der Waals surface area contributed by atoms with Crippen molar-refractivity contribution in [2.24, 2.45) is 0 Å². The first-order valence-electron chi connectivity index (χ1n) is 11.4. The molecule has 0 radical (unpaired) electrons. The molecule has 0 bridgehead atoms. The number of nitrogens with zero attached hydrogens (tertiary/aromatic N) is 4. The number of pyridine rings is 1. The van der Waals surface area contributed by atoms with Gasteiger partial charge in [0.2, 0.25) is 0 Å². The van der Waals surface area contributed by atoms with Gasteiger partial charge in [-0.1, -0.05) is 6.08 Å². The Hall–Kier alpha value is -3.39. The van der Waals surface area contributed by atoms with Crippen molar-refractivity contribution in [2.45, 2.75) is 33.4 Å². The van der Waals surface area contributed by atoms with Crippen LogP contribution in [-0.4, -0.2) is 58.3 Å². The van der Waals surface area contributed by atoms with Gasteiger partial charge in [0, 0.05) is 45.0 Å². The molecule has 8 heteroatoms. The molecule has 1 aliphatic heterocycles. The monoisotopic (exact) mass is 449 g/mol. The summed E-state index contributed by atoms with van der Waals surface area (Å²) >= 11 is 0. The number of morpholine rings is 1. The van der Waals surface area contributed by atoms with Gasteiger partial charge in [-0.15, -0.1) is 6.58 Å². The number of hydrogen-bond acceptors (Lipinski definition) is 5. The van der Waals surface area contributed by atoms with E-state index in [9.17, 15) is 9.59 Å². The first-order valence-corrected chi connectivity index (χ1v) is 11.4. The molecule has 1 saturated heterocycles. The molecule has 4 rings (SSSR count). The summed E-state index contributed by atoms with van der Waals surface area (Å²) in [7, 11) is 1.76. The highest BCUT2D eigenvalue weighted by Crippen LogP contribution is 2.32. The van der Waals surface area contributed by atoms with Crippen molar-refractivity contribution >= 4 is 22.6 Å². The van der Waals surface area contributed by atoms with Crippen LogP contribution in [0.3, 0.4) is 0 Å². The van der Waals surface area contributed by atoms with E-state index in [-0.39, 0.29) is 11.5 Å². The number of nitrogens with one attached hydrogen (secondary N) is 1. The lowest BCUT2D eigenvalue weighted by Crippen LogP contribution is -2.40. The molecular formula is C25H31N5O3. The molecule has 0 atom stereocenters. The Morgan fingerprint density at radius 3 is 2.70 bits per heavy atom. The van der Waals surface area contributed by atoms with E-state index in [4.69, 9.17) is 4.74 Å². The van der Waals surface area contributed by atoms with E-state index in [2.05, 4.69) is 29.9 Å². The molecule has 33 heavy (non-hydrogen) atoms. The van der Waals surface area contributed by atoms with E-state index in [1.165, 1.54) is 0 Å². The number of rotatable bonds is 7. The number of hydrogen-bond donors (Lipinski definition) is 1. The third-order valence-corrected chi connectivity index (χ3v) is 6.27. The molecule has 8 nitrogen and oxygen atoms in total. The van der Waals surface area contributed by atoms with Crippen molar-refractivity contribution in [3.05, 3.63) is 58.8 Å². The normalized spacial score (nSPS) is 14.0. The molecule has 0 unspecified atom stereocenters. The molecular weight excluding hydrogens is 418 g/mol. The van der Waals surface area contributed by atoms with Crippen molar-refractivity contribution in [2.75, 3.05) is 38.7 Å². The zero-order valence-electron chi connectivity index (χ0n) is 19.6. The van der Waals surface area contributed by atoms with Crippen LogP contribution in [0, 0.1) is 6.92 Å². The van der Waals surface area contributed by atoms with Gasteiger partial charge in [0.25, 0.3) is 11.5 Å². The molecule has 0 saturated carbocycles. The summed E-state index contributed by atoms with van der Waals surface area (Å²) in [6.45, 7) is 11.3. The Morgan fingerprint density at radius 1 is 1.27 bits per heavy atom. The summed E-state index contributed by atoms with van der Waals surface area (Å²) < 4.78 is 9.17. The lowest BCUT2D eigenvalue weighted by Gasteiger charge is -2.27. The van der Waals surface area contributed by atoms with Crippen LogP contribution in [0.1, 0.15) is 29.3 Å². The second kappa shape index (κ2) is 9.62. The zero-order chi connectivity index (χ0) is 23.5. The second-order valence-corrected chi connectivity index (χ2v) is 8.20. The maximum atomic E-state index is 13.5. The van der Waals surface area contributed by atoms with E-state index < -0.39 is 0 Å². The summed E-state index contributed by atoms with van der Waals surface area (Å²) in [5.74, 6) is -0.0435. The fraction of sp³-hybridized carbons (Fsp3) is 0.400. The smallest absolute Gasteiger partial charge is 0.274 e. The number of carbonyl (C=O) groups excluding carboxylic acids is 1. The predicted octanol–water partition coefficient (Wildman–Crippen LogP) is 3.28. The average molecular weight is 450 g/mol. The number of anilines is 1. The highest BCUT2D eigenvalue weighted by molar-refractivity contribution is 6.07. The summed E-state index contributed by atoms with van der Waals surface area (Å²) in [4.78, 5) is 32.8. The van der Waals surface area contributed by atoms with E-state index in [1.54, 1.807) is 24.0 Å². The third kappa shape index (κ3) is 4.18.